The SMILES string of the molecule is Cc1cc(C(=O)Nc2ccc(F)c(F)c2F)ccc1NN. The summed E-state index contributed by atoms with van der Waals surface area (Å²) in [6.45, 7) is 1.73. The monoisotopic (exact) mass is 295 g/mol. The van der Waals surface area contributed by atoms with Gasteiger partial charge in [-0.25, -0.2) is 13.2 Å². The van der Waals surface area contributed by atoms with E-state index in [0.29, 0.717) is 11.3 Å². The highest BCUT2D eigenvalue weighted by Crippen LogP contribution is 2.21. The first-order valence-corrected chi connectivity index (χ1v) is 5.96. The molecular weight excluding hydrogens is 283 g/mol. The van der Waals surface area contributed by atoms with Crippen LogP contribution in [0.4, 0.5) is 24.5 Å². The maximum absolute atomic E-state index is 13.5. The molecule has 2 aromatic rings. The van der Waals surface area contributed by atoms with Crippen molar-refractivity contribution in [2.45, 2.75) is 6.92 Å². The summed E-state index contributed by atoms with van der Waals surface area (Å²) < 4.78 is 39.4. The van der Waals surface area contributed by atoms with E-state index in [0.717, 1.165) is 12.1 Å². The lowest BCUT2D eigenvalue weighted by Gasteiger charge is -2.09. The van der Waals surface area contributed by atoms with Crippen LogP contribution in [0.15, 0.2) is 30.3 Å². The highest BCUT2D eigenvalue weighted by atomic mass is 19.2. The van der Waals surface area contributed by atoms with Gasteiger partial charge in [-0.2, -0.15) is 0 Å². The number of nitrogen functional groups attached to an aromatic ring is 1. The average Bonchev–Trinajstić information content (AvgIpc) is 2.47. The lowest BCUT2D eigenvalue weighted by atomic mass is 10.1. The largest absolute Gasteiger partial charge is 0.324 e. The Balaban J connectivity index is 2.26. The summed E-state index contributed by atoms with van der Waals surface area (Å²) in [6, 6.07) is 6.26. The number of halogens is 3. The number of rotatable bonds is 3. The van der Waals surface area contributed by atoms with Crippen LogP contribution >= 0.6 is 0 Å². The number of nitrogens with one attached hydrogen (secondary N) is 2. The van der Waals surface area contributed by atoms with E-state index in [1.807, 2.05) is 0 Å². The molecule has 0 unspecified atom stereocenters. The van der Waals surface area contributed by atoms with Crippen LogP contribution in [0, 0.1) is 24.4 Å². The van der Waals surface area contributed by atoms with Crippen molar-refractivity contribution in [3.05, 3.63) is 58.9 Å². The summed E-state index contributed by atoms with van der Waals surface area (Å²) in [7, 11) is 0. The Hall–Kier alpha value is -2.54. The van der Waals surface area contributed by atoms with Crippen molar-refractivity contribution in [1.82, 2.24) is 0 Å². The molecule has 7 heteroatoms. The first-order valence-electron chi connectivity index (χ1n) is 5.96. The molecule has 0 aliphatic heterocycles. The number of amides is 1. The van der Waals surface area contributed by atoms with Crippen molar-refractivity contribution in [2.24, 2.45) is 5.84 Å². The van der Waals surface area contributed by atoms with Crippen LogP contribution in [-0.2, 0) is 0 Å². The number of benzene rings is 2. The van der Waals surface area contributed by atoms with Gasteiger partial charge in [-0.15, -0.1) is 0 Å². The summed E-state index contributed by atoms with van der Waals surface area (Å²) >= 11 is 0. The Bertz CT molecular complexity index is 704. The second kappa shape index (κ2) is 5.84. The zero-order valence-electron chi connectivity index (χ0n) is 11.0. The zero-order valence-corrected chi connectivity index (χ0v) is 11.0. The number of nitrogens with two attached hydrogens (primary N) is 1. The molecule has 0 aromatic heterocycles. The molecule has 110 valence electrons. The fourth-order valence-corrected chi connectivity index (χ4v) is 1.78. The van der Waals surface area contributed by atoms with Gasteiger partial charge < -0.3 is 10.7 Å². The van der Waals surface area contributed by atoms with Crippen molar-refractivity contribution in [1.29, 1.82) is 0 Å². The van der Waals surface area contributed by atoms with Crippen LogP contribution in [0.25, 0.3) is 0 Å². The summed E-state index contributed by atoms with van der Waals surface area (Å²) in [5, 5.41) is 2.19. The van der Waals surface area contributed by atoms with Gasteiger partial charge in [0.2, 0.25) is 0 Å². The third-order valence-electron chi connectivity index (χ3n) is 2.93. The molecular formula is C14H12F3N3O. The quantitative estimate of drug-likeness (QED) is 0.463. The van der Waals surface area contributed by atoms with Crippen molar-refractivity contribution >= 4 is 17.3 Å². The number of carbonyl (C=O) groups excluding carboxylic acids is 1. The molecule has 2 rings (SSSR count). The Morgan fingerprint density at radius 1 is 1.05 bits per heavy atom. The van der Waals surface area contributed by atoms with E-state index in [-0.39, 0.29) is 5.56 Å². The molecule has 0 aliphatic rings. The van der Waals surface area contributed by atoms with E-state index >= 15 is 0 Å². The molecule has 21 heavy (non-hydrogen) atoms. The maximum atomic E-state index is 13.5. The fourth-order valence-electron chi connectivity index (χ4n) is 1.78. The van der Waals surface area contributed by atoms with Crippen LogP contribution < -0.4 is 16.6 Å². The molecule has 0 saturated carbocycles. The number of hydrogen-bond acceptors (Lipinski definition) is 3. The topological polar surface area (TPSA) is 67.2 Å². The van der Waals surface area contributed by atoms with Gasteiger partial charge in [-0.1, -0.05) is 0 Å². The highest BCUT2D eigenvalue weighted by Gasteiger charge is 2.16. The van der Waals surface area contributed by atoms with Crippen LogP contribution in [-0.4, -0.2) is 5.91 Å². The molecule has 0 radical (unpaired) electrons. The molecule has 0 spiro atoms. The molecule has 2 aromatic carbocycles. The van der Waals surface area contributed by atoms with E-state index in [4.69, 9.17) is 5.84 Å². The van der Waals surface area contributed by atoms with Crippen molar-refractivity contribution in [3.63, 3.8) is 0 Å². The second-order valence-corrected chi connectivity index (χ2v) is 4.35. The number of aryl methyl sites for hydroxylation is 1. The second-order valence-electron chi connectivity index (χ2n) is 4.35. The van der Waals surface area contributed by atoms with Gasteiger partial charge in [-0.3, -0.25) is 10.6 Å². The zero-order chi connectivity index (χ0) is 15.6. The van der Waals surface area contributed by atoms with Gasteiger partial charge >= 0.3 is 0 Å². The number of anilines is 2. The van der Waals surface area contributed by atoms with E-state index in [1.165, 1.54) is 12.1 Å². The molecule has 0 atom stereocenters. The molecule has 0 heterocycles. The Kier molecular flexibility index (Phi) is 4.13. The third kappa shape index (κ3) is 2.97. The van der Waals surface area contributed by atoms with Gasteiger partial charge in [0, 0.05) is 5.56 Å². The molecule has 1 amide bonds. The van der Waals surface area contributed by atoms with Crippen molar-refractivity contribution in [2.75, 3.05) is 10.7 Å². The van der Waals surface area contributed by atoms with Crippen molar-refractivity contribution in [3.8, 4) is 0 Å². The minimum Gasteiger partial charge on any atom is -0.324 e. The first-order chi connectivity index (χ1) is 9.93. The smallest absolute Gasteiger partial charge is 0.255 e. The standard InChI is InChI=1S/C14H12F3N3O/c1-7-6-8(2-4-10(7)20-18)14(21)19-11-5-3-9(15)12(16)13(11)17/h2-6,20H,18H2,1H3,(H,19,21). The van der Waals surface area contributed by atoms with Crippen LogP contribution in [0.2, 0.25) is 0 Å². The van der Waals surface area contributed by atoms with Crippen molar-refractivity contribution < 1.29 is 18.0 Å². The normalized spacial score (nSPS) is 10.3. The molecule has 0 saturated heterocycles. The van der Waals surface area contributed by atoms with E-state index in [9.17, 15) is 18.0 Å². The molecule has 0 bridgehead atoms. The van der Waals surface area contributed by atoms with Gasteiger partial charge in [0.15, 0.2) is 17.5 Å². The van der Waals surface area contributed by atoms with Gasteiger partial charge in [0.1, 0.15) is 0 Å². The maximum Gasteiger partial charge on any atom is 0.255 e. The molecule has 0 fully saturated rings. The van der Waals surface area contributed by atoms with E-state index in [2.05, 4.69) is 10.7 Å². The lowest BCUT2D eigenvalue weighted by molar-refractivity contribution is 0.102. The van der Waals surface area contributed by atoms with Crippen LogP contribution in [0.5, 0.6) is 0 Å². The van der Waals surface area contributed by atoms with Gasteiger partial charge in [0.05, 0.1) is 11.4 Å². The average molecular weight is 295 g/mol. The minimum atomic E-state index is -1.63. The Labute approximate surface area is 118 Å². The number of hydrazine groups is 1. The van der Waals surface area contributed by atoms with Gasteiger partial charge in [0.25, 0.3) is 5.91 Å². The molecule has 0 aliphatic carbocycles. The highest BCUT2D eigenvalue weighted by molar-refractivity contribution is 6.04. The van der Waals surface area contributed by atoms with E-state index in [1.54, 1.807) is 13.0 Å². The Morgan fingerprint density at radius 3 is 2.33 bits per heavy atom. The molecule has 4 nitrogen and oxygen atoms in total. The summed E-state index contributed by atoms with van der Waals surface area (Å²) in [5.74, 6) is 0.230. The number of carbonyl (C=O) groups is 1. The third-order valence-corrected chi connectivity index (χ3v) is 2.93. The Morgan fingerprint density at radius 2 is 1.71 bits per heavy atom. The predicted octanol–water partition coefficient (Wildman–Crippen LogP) is 2.95. The first kappa shape index (κ1) is 14.9. The lowest BCUT2D eigenvalue weighted by Crippen LogP contribution is -2.15. The number of hydrogen-bond donors (Lipinski definition) is 3. The summed E-state index contributed by atoms with van der Waals surface area (Å²) in [5.41, 5.74) is 3.58. The summed E-state index contributed by atoms with van der Waals surface area (Å²) in [6.07, 6.45) is 0. The predicted molar refractivity (Wildman–Crippen MR) is 73.3 cm³/mol. The van der Waals surface area contributed by atoms with Crippen LogP contribution in [0.3, 0.4) is 0 Å². The molecule has 4 N–H and O–H groups in total. The van der Waals surface area contributed by atoms with Crippen LogP contribution in [0.1, 0.15) is 15.9 Å². The van der Waals surface area contributed by atoms with E-state index < -0.39 is 29.0 Å². The fraction of sp³-hybridized carbons (Fsp3) is 0.0714. The van der Waals surface area contributed by atoms with Gasteiger partial charge in [-0.05, 0) is 42.8 Å². The minimum absolute atomic E-state index is 0.232. The summed E-state index contributed by atoms with van der Waals surface area (Å²) in [4.78, 5) is 12.0.